The van der Waals surface area contributed by atoms with Crippen molar-refractivity contribution in [2.45, 2.75) is 173 Å². The van der Waals surface area contributed by atoms with Crippen molar-refractivity contribution in [2.24, 2.45) is 23.3 Å². The van der Waals surface area contributed by atoms with Crippen LogP contribution in [0.4, 0.5) is 9.59 Å². The summed E-state index contributed by atoms with van der Waals surface area (Å²) in [5.41, 5.74) is 6.29. The minimum atomic E-state index is -1.00. The van der Waals surface area contributed by atoms with Gasteiger partial charge in [0, 0.05) is 34.0 Å². The molecule has 12 nitrogen and oxygen atoms in total. The van der Waals surface area contributed by atoms with Gasteiger partial charge in [0.15, 0.2) is 0 Å². The lowest BCUT2D eigenvalue weighted by Crippen LogP contribution is -2.68. The average molecular weight is 659 g/mol. The first-order chi connectivity index (χ1) is 20.6. The molecular weight excluding hydrogens is 592 g/mol. The zero-order chi connectivity index (χ0) is 35.6. The number of hydroxylamine groups is 4. The van der Waals surface area contributed by atoms with Crippen LogP contribution in [0.1, 0.15) is 134 Å². The lowest BCUT2D eigenvalue weighted by Gasteiger charge is -2.62. The highest BCUT2D eigenvalue weighted by atomic mass is 16.7. The number of hydrogen-bond acceptors (Lipinski definition) is 10. The normalized spacial score (nSPS) is 22.8. The Kier molecular flexibility index (Phi) is 12.7. The molecule has 2 saturated heterocycles. The average Bonchev–Trinajstić information content (AvgIpc) is 2.80. The fraction of sp³-hybridized carbons (Fsp3) is 0.941. The molecule has 2 fully saturated rings. The summed E-state index contributed by atoms with van der Waals surface area (Å²) in [5.74, 6) is -0.149. The SMILES string of the molecule is CC(C)(O)CON1C(C)(C)CC(C(CCCCCOC(N)=O)(OC(N)=O)C2CC(C)(C)N(OCC(C)(C)O)C(C)(C)C2)CC1(C)C. The van der Waals surface area contributed by atoms with Gasteiger partial charge in [0.1, 0.15) is 5.60 Å². The van der Waals surface area contributed by atoms with Crippen molar-refractivity contribution in [3.05, 3.63) is 0 Å². The Hall–Kier alpha value is -1.70. The fourth-order valence-electron chi connectivity index (χ4n) is 8.36. The molecule has 0 bridgehead atoms. The molecule has 0 spiro atoms. The van der Waals surface area contributed by atoms with Crippen LogP contribution in [-0.4, -0.2) is 91.3 Å². The van der Waals surface area contributed by atoms with Crippen LogP contribution >= 0.6 is 0 Å². The summed E-state index contributed by atoms with van der Waals surface area (Å²) in [6.07, 6.45) is 3.74. The highest BCUT2D eigenvalue weighted by Gasteiger charge is 2.60. The number of ether oxygens (including phenoxy) is 2. The topological polar surface area (TPSA) is 170 Å². The Labute approximate surface area is 277 Å². The van der Waals surface area contributed by atoms with Crippen LogP contribution < -0.4 is 11.5 Å². The molecule has 6 N–H and O–H groups in total. The number of carbonyl (C=O) groups excluding carboxylic acids is 2. The number of piperidine rings is 2. The maximum Gasteiger partial charge on any atom is 0.405 e. The van der Waals surface area contributed by atoms with E-state index in [1.54, 1.807) is 27.7 Å². The molecule has 2 heterocycles. The molecule has 0 aromatic heterocycles. The lowest BCUT2D eigenvalue weighted by atomic mass is 9.58. The maximum atomic E-state index is 12.9. The van der Waals surface area contributed by atoms with Crippen molar-refractivity contribution in [1.82, 2.24) is 10.1 Å². The Balaban J connectivity index is 2.57. The molecule has 0 unspecified atom stereocenters. The van der Waals surface area contributed by atoms with Gasteiger partial charge in [-0.05, 0) is 134 Å². The summed E-state index contributed by atoms with van der Waals surface area (Å²) in [6.45, 7) is 24.4. The van der Waals surface area contributed by atoms with E-state index >= 15 is 0 Å². The van der Waals surface area contributed by atoms with Crippen LogP contribution in [0.25, 0.3) is 0 Å². The number of amides is 2. The van der Waals surface area contributed by atoms with Crippen molar-refractivity contribution < 1.29 is 39.0 Å². The van der Waals surface area contributed by atoms with Gasteiger partial charge in [-0.3, -0.25) is 9.68 Å². The Morgan fingerprint density at radius 2 is 1.04 bits per heavy atom. The van der Waals surface area contributed by atoms with Crippen molar-refractivity contribution >= 4 is 12.2 Å². The monoisotopic (exact) mass is 658 g/mol. The van der Waals surface area contributed by atoms with Crippen LogP contribution in [0.15, 0.2) is 0 Å². The van der Waals surface area contributed by atoms with E-state index in [-0.39, 0.29) is 31.7 Å². The van der Waals surface area contributed by atoms with Gasteiger partial charge in [0.2, 0.25) is 0 Å². The van der Waals surface area contributed by atoms with Crippen LogP contribution in [0.2, 0.25) is 0 Å². The third-order valence-electron chi connectivity index (χ3n) is 9.41. The summed E-state index contributed by atoms with van der Waals surface area (Å²) in [7, 11) is 0. The van der Waals surface area contributed by atoms with E-state index in [4.69, 9.17) is 30.6 Å². The molecular formula is C34H66N4O8. The Morgan fingerprint density at radius 1 is 0.674 bits per heavy atom. The van der Waals surface area contributed by atoms with Crippen LogP contribution in [0.5, 0.6) is 0 Å². The minimum absolute atomic E-state index is 0.0747. The third-order valence-corrected chi connectivity index (χ3v) is 9.41. The van der Waals surface area contributed by atoms with Crippen LogP contribution in [0, 0.1) is 11.8 Å². The number of unbranched alkanes of at least 4 members (excludes halogenated alkanes) is 2. The smallest absolute Gasteiger partial charge is 0.405 e. The maximum absolute atomic E-state index is 12.9. The quantitative estimate of drug-likeness (QED) is 0.167. The van der Waals surface area contributed by atoms with Gasteiger partial charge < -0.3 is 31.2 Å². The zero-order valence-corrected chi connectivity index (χ0v) is 30.8. The number of rotatable bonds is 15. The molecule has 0 atom stereocenters. The highest BCUT2D eigenvalue weighted by molar-refractivity contribution is 5.65. The molecule has 0 aliphatic carbocycles. The number of aliphatic hydroxyl groups is 2. The highest BCUT2D eigenvalue weighted by Crippen LogP contribution is 2.56. The van der Waals surface area contributed by atoms with E-state index in [9.17, 15) is 19.8 Å². The second-order valence-corrected chi connectivity index (χ2v) is 17.6. The van der Waals surface area contributed by atoms with Crippen molar-refractivity contribution in [3.8, 4) is 0 Å². The summed E-state index contributed by atoms with van der Waals surface area (Å²) in [4.78, 5) is 36.6. The first-order valence-corrected chi connectivity index (χ1v) is 16.9. The second kappa shape index (κ2) is 14.4. The predicted octanol–water partition coefficient (Wildman–Crippen LogP) is 5.42. The lowest BCUT2D eigenvalue weighted by molar-refractivity contribution is -0.324. The Bertz CT molecular complexity index is 937. The van der Waals surface area contributed by atoms with Gasteiger partial charge in [-0.2, -0.15) is 10.1 Å². The molecule has 2 aliphatic rings. The number of carbonyl (C=O) groups is 2. The van der Waals surface area contributed by atoms with E-state index in [0.29, 0.717) is 38.5 Å². The van der Waals surface area contributed by atoms with Gasteiger partial charge in [-0.25, -0.2) is 9.59 Å². The van der Waals surface area contributed by atoms with Gasteiger partial charge >= 0.3 is 12.2 Å². The van der Waals surface area contributed by atoms with Gasteiger partial charge in [-0.1, -0.05) is 0 Å². The molecule has 0 radical (unpaired) electrons. The van der Waals surface area contributed by atoms with Crippen LogP contribution in [0.3, 0.4) is 0 Å². The largest absolute Gasteiger partial charge is 0.450 e. The number of primary amides is 2. The van der Waals surface area contributed by atoms with E-state index in [1.807, 2.05) is 10.1 Å². The molecule has 2 rings (SSSR count). The Morgan fingerprint density at radius 3 is 1.35 bits per heavy atom. The second-order valence-electron chi connectivity index (χ2n) is 17.6. The molecule has 0 saturated carbocycles. The molecule has 0 aromatic carbocycles. The summed E-state index contributed by atoms with van der Waals surface area (Å²) >= 11 is 0. The van der Waals surface area contributed by atoms with Gasteiger partial charge in [-0.15, -0.1) is 0 Å². The summed E-state index contributed by atoms with van der Waals surface area (Å²) < 4.78 is 11.4. The van der Waals surface area contributed by atoms with E-state index in [1.165, 1.54) is 0 Å². The molecule has 0 aromatic rings. The molecule has 12 heteroatoms. The van der Waals surface area contributed by atoms with Gasteiger partial charge in [0.25, 0.3) is 0 Å². The third kappa shape index (κ3) is 10.9. The first-order valence-electron chi connectivity index (χ1n) is 16.9. The van der Waals surface area contributed by atoms with E-state index < -0.39 is 51.1 Å². The molecule has 2 amide bonds. The van der Waals surface area contributed by atoms with Crippen molar-refractivity contribution in [1.29, 1.82) is 0 Å². The van der Waals surface area contributed by atoms with E-state index in [2.05, 4.69) is 55.4 Å². The molecule has 46 heavy (non-hydrogen) atoms. The molecule has 270 valence electrons. The van der Waals surface area contributed by atoms with Crippen molar-refractivity contribution in [2.75, 3.05) is 19.8 Å². The van der Waals surface area contributed by atoms with Crippen molar-refractivity contribution in [3.63, 3.8) is 0 Å². The molecule has 2 aliphatic heterocycles. The zero-order valence-electron chi connectivity index (χ0n) is 30.8. The van der Waals surface area contributed by atoms with E-state index in [0.717, 1.165) is 12.8 Å². The standard InChI is InChI=1S/C34H66N4O8/c1-28(2)18-24(19-29(3,4)37(28)44-22-32(9,10)41)34(46-27(36)40,16-14-13-15-17-43-26(35)39)25-20-30(5,6)38(31(7,8)21-25)45-23-33(11,12)42/h24-25,41-42H,13-23H2,1-12H3,(H2,35,39)(H2,36,40). The first kappa shape index (κ1) is 40.5. The summed E-state index contributed by atoms with van der Waals surface area (Å²) in [5, 5.41) is 24.9. The number of hydrogen-bond donors (Lipinski definition) is 4. The fourth-order valence-corrected chi connectivity index (χ4v) is 8.36. The predicted molar refractivity (Wildman–Crippen MR) is 177 cm³/mol. The number of nitrogens with two attached hydrogens (primary N) is 2. The van der Waals surface area contributed by atoms with Crippen LogP contribution in [-0.2, 0) is 19.1 Å². The van der Waals surface area contributed by atoms with Gasteiger partial charge in [0.05, 0.1) is 31.0 Å². The minimum Gasteiger partial charge on any atom is -0.450 e. The number of nitrogens with zero attached hydrogens (tertiary/aromatic N) is 2. The summed E-state index contributed by atoms with van der Waals surface area (Å²) in [6, 6.07) is 0.